The van der Waals surface area contributed by atoms with Gasteiger partial charge in [0.15, 0.2) is 11.2 Å². The third-order valence-corrected chi connectivity index (χ3v) is 6.26. The Balaban J connectivity index is 0.000000270. The van der Waals surface area contributed by atoms with Gasteiger partial charge in [-0.1, -0.05) is 29.6 Å². The summed E-state index contributed by atoms with van der Waals surface area (Å²) >= 11 is 10.6. The van der Waals surface area contributed by atoms with Crippen molar-refractivity contribution in [1.82, 2.24) is 13.6 Å². The Labute approximate surface area is 193 Å². The number of carboxylic acid groups (broad SMARTS) is 1. The summed E-state index contributed by atoms with van der Waals surface area (Å²) in [5, 5.41) is 9.06. The molecule has 1 atom stereocenters. The van der Waals surface area contributed by atoms with Crippen molar-refractivity contribution in [3.05, 3.63) is 33.9 Å². The third kappa shape index (κ3) is 8.48. The van der Waals surface area contributed by atoms with E-state index in [0.717, 1.165) is 43.8 Å². The molecule has 12 heteroatoms. The number of amides is 2. The Hall–Kier alpha value is -2.14. The lowest BCUT2D eigenvalue weighted by atomic mass is 10.2. The Morgan fingerprint density at radius 3 is 2.16 bits per heavy atom. The molecule has 1 aromatic heterocycles. The summed E-state index contributed by atoms with van der Waals surface area (Å²) in [6.07, 6.45) is 3.35. The number of aryl methyl sites for hydroxylation is 1. The molecule has 0 aliphatic carbocycles. The number of piperidine rings is 1. The molecule has 0 spiro atoms. The Kier molecular flexibility index (Phi) is 11.0. The topological polar surface area (TPSA) is 135 Å². The fourth-order valence-corrected chi connectivity index (χ4v) is 4.15. The van der Waals surface area contributed by atoms with E-state index in [1.807, 2.05) is 0 Å². The van der Waals surface area contributed by atoms with Crippen molar-refractivity contribution in [1.29, 1.82) is 0 Å². The first-order valence-electron chi connectivity index (χ1n) is 9.32. The summed E-state index contributed by atoms with van der Waals surface area (Å²) in [6, 6.07) is 5.14. The van der Waals surface area contributed by atoms with Crippen LogP contribution in [0.15, 0.2) is 18.2 Å². The first-order valence-corrected chi connectivity index (χ1v) is 11.2. The van der Waals surface area contributed by atoms with Crippen LogP contribution < -0.4 is 10.5 Å². The zero-order valence-corrected chi connectivity index (χ0v) is 19.8. The van der Waals surface area contributed by atoms with E-state index in [4.69, 9.17) is 38.8 Å². The van der Waals surface area contributed by atoms with Gasteiger partial charge in [0.2, 0.25) is 5.91 Å². The molecule has 4 N–H and O–H groups in total. The minimum atomic E-state index is -1.30. The minimum Gasteiger partial charge on any atom is -0.481 e. The van der Waals surface area contributed by atoms with Crippen molar-refractivity contribution in [3.8, 4) is 0 Å². The van der Waals surface area contributed by atoms with E-state index in [9.17, 15) is 13.8 Å². The molecule has 1 fully saturated rings. The summed E-state index contributed by atoms with van der Waals surface area (Å²) in [6.45, 7) is 4.11. The van der Waals surface area contributed by atoms with E-state index in [1.165, 1.54) is 13.3 Å². The molecule has 0 radical (unpaired) electrons. The number of rotatable bonds is 3. The van der Waals surface area contributed by atoms with Gasteiger partial charge in [-0.15, -0.1) is 0 Å². The maximum absolute atomic E-state index is 11.3. The van der Waals surface area contributed by atoms with E-state index in [-0.39, 0.29) is 5.91 Å². The lowest BCUT2D eigenvalue weighted by molar-refractivity contribution is -0.134. The SMILES string of the molecule is CC(=O)NS(=O)N1CCCCC1.CC(=O)O.Cn1c(C(N)=O)cc2c(Cl)c(Cl)ccc21. The van der Waals surface area contributed by atoms with Crippen LogP contribution in [0.3, 0.4) is 0 Å². The van der Waals surface area contributed by atoms with Crippen molar-refractivity contribution in [2.24, 2.45) is 12.8 Å². The van der Waals surface area contributed by atoms with Crippen LogP contribution in [0.1, 0.15) is 43.6 Å². The molecule has 0 saturated carbocycles. The Bertz CT molecular complexity index is 970. The normalized spacial score (nSPS) is 14.5. The summed E-state index contributed by atoms with van der Waals surface area (Å²) in [5.74, 6) is -1.56. The molecule has 3 rings (SSSR count). The number of nitrogens with zero attached hydrogens (tertiary/aromatic N) is 2. The number of primary amides is 1. The van der Waals surface area contributed by atoms with E-state index >= 15 is 0 Å². The van der Waals surface area contributed by atoms with Gasteiger partial charge in [0, 0.05) is 44.9 Å². The van der Waals surface area contributed by atoms with Crippen LogP contribution in [0, 0.1) is 0 Å². The van der Waals surface area contributed by atoms with Crippen LogP contribution in [0.2, 0.25) is 10.0 Å². The highest BCUT2D eigenvalue weighted by Gasteiger charge is 2.16. The van der Waals surface area contributed by atoms with Crippen molar-refractivity contribution >= 4 is 63.1 Å². The molecule has 1 aliphatic rings. The summed E-state index contributed by atoms with van der Waals surface area (Å²) in [7, 11) is 1.76. The van der Waals surface area contributed by atoms with Crippen LogP contribution in [-0.2, 0) is 27.8 Å². The molecule has 2 aromatic rings. The van der Waals surface area contributed by atoms with Crippen molar-refractivity contribution in [2.45, 2.75) is 33.1 Å². The number of benzene rings is 1. The predicted molar refractivity (Wildman–Crippen MR) is 122 cm³/mol. The van der Waals surface area contributed by atoms with Crippen molar-refractivity contribution in [3.63, 3.8) is 0 Å². The number of halogens is 2. The summed E-state index contributed by atoms with van der Waals surface area (Å²) in [5.41, 5.74) is 6.47. The highest BCUT2D eigenvalue weighted by atomic mass is 35.5. The van der Waals surface area contributed by atoms with Gasteiger partial charge in [0.1, 0.15) is 5.69 Å². The van der Waals surface area contributed by atoms with Crippen molar-refractivity contribution < 1.29 is 23.7 Å². The number of carbonyl (C=O) groups is 3. The summed E-state index contributed by atoms with van der Waals surface area (Å²) < 4.78 is 17.2. The zero-order valence-electron chi connectivity index (χ0n) is 17.5. The molecule has 9 nitrogen and oxygen atoms in total. The lowest BCUT2D eigenvalue weighted by Gasteiger charge is -2.24. The van der Waals surface area contributed by atoms with Gasteiger partial charge in [0.25, 0.3) is 11.9 Å². The van der Waals surface area contributed by atoms with Gasteiger partial charge in [-0.2, -0.15) is 0 Å². The first-order chi connectivity index (χ1) is 14.5. The molecular formula is C19H26Cl2N4O5S. The predicted octanol–water partition coefficient (Wildman–Crippen LogP) is 2.86. The van der Waals surface area contributed by atoms with E-state index in [2.05, 4.69) is 4.72 Å². The minimum absolute atomic E-state index is 0.237. The number of aromatic nitrogens is 1. The Morgan fingerprint density at radius 2 is 1.68 bits per heavy atom. The second kappa shape index (κ2) is 12.7. The molecular weight excluding hydrogens is 467 g/mol. The average Bonchev–Trinajstić information content (AvgIpc) is 3.02. The number of carboxylic acids is 1. The van der Waals surface area contributed by atoms with E-state index < -0.39 is 23.0 Å². The van der Waals surface area contributed by atoms with Crippen LogP contribution in [0.5, 0.6) is 0 Å². The number of nitrogens with one attached hydrogen (secondary N) is 1. The first kappa shape index (κ1) is 26.9. The van der Waals surface area contributed by atoms with E-state index in [1.54, 1.807) is 34.1 Å². The van der Waals surface area contributed by atoms with E-state index in [0.29, 0.717) is 15.7 Å². The molecule has 2 heterocycles. The largest absolute Gasteiger partial charge is 0.481 e. The van der Waals surface area contributed by atoms with Crippen LogP contribution >= 0.6 is 23.2 Å². The molecule has 1 unspecified atom stereocenters. The average molecular weight is 493 g/mol. The molecule has 31 heavy (non-hydrogen) atoms. The molecule has 0 bridgehead atoms. The monoisotopic (exact) mass is 492 g/mol. The fourth-order valence-electron chi connectivity index (χ4n) is 2.80. The summed E-state index contributed by atoms with van der Waals surface area (Å²) in [4.78, 5) is 30.7. The molecule has 1 aromatic carbocycles. The van der Waals surface area contributed by atoms with Crippen LogP contribution in [0.4, 0.5) is 0 Å². The highest BCUT2D eigenvalue weighted by Crippen LogP contribution is 2.32. The smallest absolute Gasteiger partial charge is 0.300 e. The quantitative estimate of drug-likeness (QED) is 0.605. The second-order valence-electron chi connectivity index (χ2n) is 6.66. The maximum atomic E-state index is 11.3. The van der Waals surface area contributed by atoms with Gasteiger partial charge in [-0.3, -0.25) is 19.1 Å². The fraction of sp³-hybridized carbons (Fsp3) is 0.421. The number of hydrogen-bond acceptors (Lipinski definition) is 4. The number of fused-ring (bicyclic) bond motifs is 1. The van der Waals surface area contributed by atoms with Crippen LogP contribution in [-0.4, -0.2) is 49.1 Å². The van der Waals surface area contributed by atoms with Gasteiger partial charge in [-0.05, 0) is 31.0 Å². The number of nitrogens with two attached hydrogens (primary N) is 1. The second-order valence-corrected chi connectivity index (χ2v) is 8.67. The van der Waals surface area contributed by atoms with Gasteiger partial charge in [0.05, 0.1) is 10.0 Å². The zero-order chi connectivity index (χ0) is 23.7. The molecule has 1 saturated heterocycles. The Morgan fingerprint density at radius 1 is 1.13 bits per heavy atom. The van der Waals surface area contributed by atoms with Crippen molar-refractivity contribution in [2.75, 3.05) is 13.1 Å². The molecule has 1 aliphatic heterocycles. The van der Waals surface area contributed by atoms with Gasteiger partial charge in [-0.25, -0.2) is 8.51 Å². The maximum Gasteiger partial charge on any atom is 0.300 e. The lowest BCUT2D eigenvalue weighted by Crippen LogP contribution is -2.40. The number of hydrogen-bond donors (Lipinski definition) is 3. The molecule has 2 amide bonds. The van der Waals surface area contributed by atoms with Gasteiger partial charge < -0.3 is 15.4 Å². The standard InChI is InChI=1S/C10H8Cl2N2O.C7H14N2O2S.C2H4O2/c1-14-7-3-2-6(11)9(12)5(7)4-8(14)10(13)15;1-7(10)8-12(11)9-5-3-2-4-6-9;1-2(3)4/h2-4H,1H3,(H2,13,15);2-6H2,1H3,(H,8,10);1H3,(H,3,4). The highest BCUT2D eigenvalue weighted by molar-refractivity contribution is 7.81. The van der Waals surface area contributed by atoms with Gasteiger partial charge >= 0.3 is 0 Å². The number of aliphatic carboxylic acids is 1. The molecule has 172 valence electrons. The van der Waals surface area contributed by atoms with Crippen LogP contribution in [0.25, 0.3) is 10.9 Å². The third-order valence-electron chi connectivity index (χ3n) is 4.15. The number of carbonyl (C=O) groups excluding carboxylic acids is 2.